The van der Waals surface area contributed by atoms with Gasteiger partial charge in [-0.25, -0.2) is 19.9 Å². The number of benzene rings is 4. The van der Waals surface area contributed by atoms with Crippen LogP contribution < -0.4 is 0 Å². The molecule has 0 bridgehead atoms. The van der Waals surface area contributed by atoms with E-state index in [1.165, 1.54) is 0 Å². The van der Waals surface area contributed by atoms with E-state index >= 15 is 0 Å². The lowest BCUT2D eigenvalue weighted by Gasteiger charge is -2.17. The van der Waals surface area contributed by atoms with Crippen molar-refractivity contribution in [3.8, 4) is 0 Å². The molecule has 6 rings (SSSR count). The maximum atomic E-state index is 12.6. The number of carboxylic acids is 1. The Kier molecular flexibility index (Phi) is 4.04. The summed E-state index contributed by atoms with van der Waals surface area (Å²) in [6, 6.07) is 26.1. The zero-order valence-electron chi connectivity index (χ0n) is 16.8. The van der Waals surface area contributed by atoms with Crippen LogP contribution in [0.25, 0.3) is 44.1 Å². The Labute approximate surface area is 182 Å². The van der Waals surface area contributed by atoms with Crippen LogP contribution in [0.15, 0.2) is 84.9 Å². The highest BCUT2D eigenvalue weighted by Crippen LogP contribution is 2.34. The van der Waals surface area contributed by atoms with Gasteiger partial charge in [0.25, 0.3) is 0 Å². The van der Waals surface area contributed by atoms with Gasteiger partial charge in [-0.05, 0) is 47.5 Å². The molecule has 152 valence electrons. The van der Waals surface area contributed by atoms with Gasteiger partial charge in [-0.2, -0.15) is 0 Å². The van der Waals surface area contributed by atoms with Crippen molar-refractivity contribution >= 4 is 50.1 Å². The van der Waals surface area contributed by atoms with Gasteiger partial charge in [0.1, 0.15) is 5.92 Å². The Balaban J connectivity index is 1.65. The molecule has 6 nitrogen and oxygen atoms in total. The first kappa shape index (κ1) is 18.3. The van der Waals surface area contributed by atoms with Gasteiger partial charge in [0.2, 0.25) is 0 Å². The molecule has 6 heteroatoms. The van der Waals surface area contributed by atoms with Gasteiger partial charge in [0.05, 0.1) is 44.1 Å². The van der Waals surface area contributed by atoms with Crippen molar-refractivity contribution in [2.45, 2.75) is 5.92 Å². The van der Waals surface area contributed by atoms with Crippen molar-refractivity contribution in [2.24, 2.45) is 0 Å². The van der Waals surface area contributed by atoms with E-state index in [0.29, 0.717) is 33.2 Å². The predicted molar refractivity (Wildman–Crippen MR) is 124 cm³/mol. The summed E-state index contributed by atoms with van der Waals surface area (Å²) in [5.41, 5.74) is 6.60. The first-order valence-electron chi connectivity index (χ1n) is 10.2. The van der Waals surface area contributed by atoms with Gasteiger partial charge in [-0.15, -0.1) is 0 Å². The van der Waals surface area contributed by atoms with E-state index < -0.39 is 11.9 Å². The first-order chi connectivity index (χ1) is 15.7. The van der Waals surface area contributed by atoms with Gasteiger partial charge in [0, 0.05) is 0 Å². The quantitative estimate of drug-likeness (QED) is 0.404. The molecule has 2 aromatic heterocycles. The Bertz CT molecular complexity index is 1560. The summed E-state index contributed by atoms with van der Waals surface area (Å²) in [6.45, 7) is 0. The summed E-state index contributed by atoms with van der Waals surface area (Å²) in [5, 5.41) is 10.3. The number of carbonyl (C=O) groups is 1. The molecule has 0 radical (unpaired) electrons. The van der Waals surface area contributed by atoms with Crippen molar-refractivity contribution in [1.29, 1.82) is 0 Å². The van der Waals surface area contributed by atoms with Crippen molar-refractivity contribution in [1.82, 2.24) is 19.9 Å². The SMILES string of the molecule is O=C(O)C(c1cccc2nc3ccccc3nc12)c1cccc2nc3ccccc3nc12. The van der Waals surface area contributed by atoms with E-state index in [-0.39, 0.29) is 0 Å². The third kappa shape index (κ3) is 2.85. The molecule has 32 heavy (non-hydrogen) atoms. The summed E-state index contributed by atoms with van der Waals surface area (Å²) in [4.78, 5) is 31.6. The number of aromatic nitrogens is 4. The van der Waals surface area contributed by atoms with E-state index in [1.807, 2.05) is 72.8 Å². The summed E-state index contributed by atoms with van der Waals surface area (Å²) in [6.07, 6.45) is 0. The molecule has 2 heterocycles. The molecule has 0 saturated carbocycles. The number of fused-ring (bicyclic) bond motifs is 4. The van der Waals surface area contributed by atoms with Gasteiger partial charge in [0.15, 0.2) is 0 Å². The highest BCUT2D eigenvalue weighted by molar-refractivity contribution is 5.96. The molecule has 0 aliphatic rings. The van der Waals surface area contributed by atoms with Gasteiger partial charge in [-0.3, -0.25) is 4.79 Å². The minimum Gasteiger partial charge on any atom is -0.481 e. The molecule has 0 spiro atoms. The Morgan fingerprint density at radius 3 is 1.31 bits per heavy atom. The van der Waals surface area contributed by atoms with Gasteiger partial charge in [-0.1, -0.05) is 48.5 Å². The van der Waals surface area contributed by atoms with Crippen LogP contribution in [0, 0.1) is 0 Å². The number of carboxylic acid groups (broad SMARTS) is 1. The Morgan fingerprint density at radius 1 is 0.531 bits per heavy atom. The van der Waals surface area contributed by atoms with Crippen LogP contribution in [0.2, 0.25) is 0 Å². The van der Waals surface area contributed by atoms with Crippen molar-refractivity contribution in [3.63, 3.8) is 0 Å². The molecule has 1 N–H and O–H groups in total. The predicted octanol–water partition coefficient (Wildman–Crippen LogP) is 5.10. The third-order valence-corrected chi connectivity index (χ3v) is 5.67. The maximum Gasteiger partial charge on any atom is 0.315 e. The van der Waals surface area contributed by atoms with Crippen molar-refractivity contribution < 1.29 is 9.90 Å². The van der Waals surface area contributed by atoms with Gasteiger partial charge < -0.3 is 5.11 Å². The standard InChI is InChI=1S/C26H16N4O2/c31-26(32)23(15-7-5-13-21-24(15)29-19-11-3-1-9-17(19)27-21)16-8-6-14-22-25(16)30-20-12-4-2-10-18(20)28-22/h1-14,23H,(H,31,32). The van der Waals surface area contributed by atoms with Crippen LogP contribution in [-0.2, 0) is 4.79 Å². The summed E-state index contributed by atoms with van der Waals surface area (Å²) < 4.78 is 0. The molecule has 6 aromatic rings. The minimum atomic E-state index is -0.977. The average Bonchev–Trinajstić information content (AvgIpc) is 2.82. The fraction of sp³-hybridized carbons (Fsp3) is 0.0385. The van der Waals surface area contributed by atoms with Crippen LogP contribution in [0.3, 0.4) is 0 Å². The summed E-state index contributed by atoms with van der Waals surface area (Å²) >= 11 is 0. The minimum absolute atomic E-state index is 0.573. The summed E-state index contributed by atoms with van der Waals surface area (Å²) in [7, 11) is 0. The molecule has 0 atom stereocenters. The molecule has 0 unspecified atom stereocenters. The summed E-state index contributed by atoms with van der Waals surface area (Å²) in [5.74, 6) is -1.94. The van der Waals surface area contributed by atoms with Crippen molar-refractivity contribution in [2.75, 3.05) is 0 Å². The second-order valence-corrected chi connectivity index (χ2v) is 7.63. The van der Waals surface area contributed by atoms with E-state index in [1.54, 1.807) is 12.1 Å². The van der Waals surface area contributed by atoms with E-state index in [4.69, 9.17) is 19.9 Å². The zero-order valence-corrected chi connectivity index (χ0v) is 16.8. The van der Waals surface area contributed by atoms with Crippen LogP contribution in [0.1, 0.15) is 17.0 Å². The van der Waals surface area contributed by atoms with Gasteiger partial charge >= 0.3 is 5.97 Å². The van der Waals surface area contributed by atoms with Crippen LogP contribution >= 0.6 is 0 Å². The average molecular weight is 416 g/mol. The Hall–Kier alpha value is -4.45. The topological polar surface area (TPSA) is 88.9 Å². The number of hydrogen-bond donors (Lipinski definition) is 1. The highest BCUT2D eigenvalue weighted by Gasteiger charge is 2.28. The molecular formula is C26H16N4O2. The third-order valence-electron chi connectivity index (χ3n) is 5.67. The molecule has 0 amide bonds. The van der Waals surface area contributed by atoms with Crippen LogP contribution in [0.4, 0.5) is 0 Å². The monoisotopic (exact) mass is 416 g/mol. The number of rotatable bonds is 3. The molecule has 0 aliphatic heterocycles. The molecule has 0 saturated heterocycles. The van der Waals surface area contributed by atoms with Crippen LogP contribution in [-0.4, -0.2) is 31.0 Å². The second-order valence-electron chi connectivity index (χ2n) is 7.63. The zero-order chi connectivity index (χ0) is 21.7. The normalized spacial score (nSPS) is 11.7. The lowest BCUT2D eigenvalue weighted by atomic mass is 9.89. The molecular weight excluding hydrogens is 400 g/mol. The Morgan fingerprint density at radius 2 is 0.906 bits per heavy atom. The lowest BCUT2D eigenvalue weighted by molar-refractivity contribution is -0.137. The first-order valence-corrected chi connectivity index (χ1v) is 10.2. The lowest BCUT2D eigenvalue weighted by Crippen LogP contribution is -2.15. The maximum absolute atomic E-state index is 12.6. The van der Waals surface area contributed by atoms with E-state index in [9.17, 15) is 9.90 Å². The number of hydrogen-bond acceptors (Lipinski definition) is 5. The molecule has 0 aliphatic carbocycles. The fourth-order valence-corrected chi connectivity index (χ4v) is 4.23. The number of nitrogens with zero attached hydrogens (tertiary/aromatic N) is 4. The highest BCUT2D eigenvalue weighted by atomic mass is 16.4. The van der Waals surface area contributed by atoms with E-state index in [2.05, 4.69) is 0 Å². The fourth-order valence-electron chi connectivity index (χ4n) is 4.23. The number of aliphatic carboxylic acids is 1. The molecule has 0 fully saturated rings. The second kappa shape index (κ2) is 7.06. The largest absolute Gasteiger partial charge is 0.481 e. The van der Waals surface area contributed by atoms with Crippen molar-refractivity contribution in [3.05, 3.63) is 96.1 Å². The smallest absolute Gasteiger partial charge is 0.315 e. The van der Waals surface area contributed by atoms with Crippen LogP contribution in [0.5, 0.6) is 0 Å². The van der Waals surface area contributed by atoms with E-state index in [0.717, 1.165) is 22.1 Å². The molecule has 4 aromatic carbocycles. The number of para-hydroxylation sites is 6.